The van der Waals surface area contributed by atoms with Crippen LogP contribution in [0.15, 0.2) is 23.1 Å². The second-order valence-electron chi connectivity index (χ2n) is 8.49. The molecular weight excluding hydrogens is 402 g/mol. The standard InChI is InChI=1S/C22H33N3O4S/c1-2-18-7-8-19(16-21(18)30(27,28)24-12-14-29-15-13-24)22(26)25-11-5-6-20(25)17-23-9-3-4-10-23/h7-8,16,20H,2-6,9-15,17H2,1H3. The van der Waals surface area contributed by atoms with Gasteiger partial charge in [0.05, 0.1) is 18.1 Å². The summed E-state index contributed by atoms with van der Waals surface area (Å²) in [6.45, 7) is 7.38. The summed E-state index contributed by atoms with van der Waals surface area (Å²) in [6.07, 6.45) is 5.11. The number of morpholine rings is 1. The molecule has 0 N–H and O–H groups in total. The van der Waals surface area contributed by atoms with Crippen LogP contribution in [0.2, 0.25) is 0 Å². The molecule has 3 saturated heterocycles. The van der Waals surface area contributed by atoms with Crippen molar-refractivity contribution in [2.24, 2.45) is 0 Å². The van der Waals surface area contributed by atoms with E-state index in [-0.39, 0.29) is 16.8 Å². The van der Waals surface area contributed by atoms with E-state index in [9.17, 15) is 13.2 Å². The van der Waals surface area contributed by atoms with Crippen LogP contribution in [0.3, 0.4) is 0 Å². The van der Waals surface area contributed by atoms with Crippen LogP contribution >= 0.6 is 0 Å². The molecule has 1 unspecified atom stereocenters. The molecule has 0 aliphatic carbocycles. The van der Waals surface area contributed by atoms with Gasteiger partial charge in [0.2, 0.25) is 10.0 Å². The number of hydrogen-bond donors (Lipinski definition) is 0. The molecule has 3 aliphatic rings. The van der Waals surface area contributed by atoms with Crippen molar-refractivity contribution < 1.29 is 17.9 Å². The average molecular weight is 436 g/mol. The van der Waals surface area contributed by atoms with Gasteiger partial charge in [-0.15, -0.1) is 0 Å². The number of sulfonamides is 1. The lowest BCUT2D eigenvalue weighted by atomic mass is 10.1. The van der Waals surface area contributed by atoms with Crippen LogP contribution in [0, 0.1) is 0 Å². The summed E-state index contributed by atoms with van der Waals surface area (Å²) in [7, 11) is -3.64. The number of benzene rings is 1. The number of aryl methyl sites for hydroxylation is 1. The smallest absolute Gasteiger partial charge is 0.254 e. The molecule has 0 saturated carbocycles. The monoisotopic (exact) mass is 435 g/mol. The molecule has 0 radical (unpaired) electrons. The van der Waals surface area contributed by atoms with Gasteiger partial charge in [-0.1, -0.05) is 13.0 Å². The summed E-state index contributed by atoms with van der Waals surface area (Å²) in [6, 6.07) is 5.44. The minimum absolute atomic E-state index is 0.0437. The zero-order chi connectivity index (χ0) is 21.1. The maximum absolute atomic E-state index is 13.4. The van der Waals surface area contributed by atoms with Crippen molar-refractivity contribution in [1.82, 2.24) is 14.1 Å². The first-order chi connectivity index (χ1) is 14.5. The van der Waals surface area contributed by atoms with Crippen molar-refractivity contribution in [3.05, 3.63) is 29.3 Å². The normalized spacial score (nSPS) is 23.9. The van der Waals surface area contributed by atoms with E-state index in [0.717, 1.165) is 44.6 Å². The van der Waals surface area contributed by atoms with Crippen LogP contribution in [-0.2, 0) is 21.2 Å². The molecular formula is C22H33N3O4S. The van der Waals surface area contributed by atoms with Crippen molar-refractivity contribution >= 4 is 15.9 Å². The fourth-order valence-electron chi connectivity index (χ4n) is 4.87. The summed E-state index contributed by atoms with van der Waals surface area (Å²) in [5.41, 5.74) is 1.24. The van der Waals surface area contributed by atoms with E-state index in [2.05, 4.69) is 4.90 Å². The van der Waals surface area contributed by atoms with Gasteiger partial charge in [0.1, 0.15) is 0 Å². The number of hydrogen-bond acceptors (Lipinski definition) is 5. The van der Waals surface area contributed by atoms with Gasteiger partial charge in [0, 0.05) is 37.8 Å². The third kappa shape index (κ3) is 4.42. The zero-order valence-corrected chi connectivity index (χ0v) is 18.7. The van der Waals surface area contributed by atoms with Gasteiger partial charge in [-0.25, -0.2) is 8.42 Å². The Bertz CT molecular complexity index is 861. The summed E-state index contributed by atoms with van der Waals surface area (Å²) < 4.78 is 33.4. The molecule has 4 rings (SSSR count). The molecule has 30 heavy (non-hydrogen) atoms. The Morgan fingerprint density at radius 3 is 2.50 bits per heavy atom. The third-order valence-electron chi connectivity index (χ3n) is 6.59. The van der Waals surface area contributed by atoms with Crippen molar-refractivity contribution in [2.45, 2.75) is 50.0 Å². The molecule has 1 aromatic carbocycles. The molecule has 8 heteroatoms. The Morgan fingerprint density at radius 1 is 1.07 bits per heavy atom. The van der Waals surface area contributed by atoms with Gasteiger partial charge < -0.3 is 14.5 Å². The quantitative estimate of drug-likeness (QED) is 0.683. The fourth-order valence-corrected chi connectivity index (χ4v) is 6.60. The van der Waals surface area contributed by atoms with E-state index in [1.807, 2.05) is 17.9 Å². The Morgan fingerprint density at radius 2 is 1.80 bits per heavy atom. The highest BCUT2D eigenvalue weighted by molar-refractivity contribution is 7.89. The molecule has 3 aliphatic heterocycles. The molecule has 3 heterocycles. The van der Waals surface area contributed by atoms with Crippen molar-refractivity contribution in [3.63, 3.8) is 0 Å². The lowest BCUT2D eigenvalue weighted by Crippen LogP contribution is -2.43. The first-order valence-corrected chi connectivity index (χ1v) is 12.7. The largest absolute Gasteiger partial charge is 0.379 e. The molecule has 7 nitrogen and oxygen atoms in total. The summed E-state index contributed by atoms with van der Waals surface area (Å²) in [5, 5.41) is 0. The lowest BCUT2D eigenvalue weighted by Gasteiger charge is -2.29. The molecule has 166 valence electrons. The van der Waals surface area contributed by atoms with Crippen molar-refractivity contribution in [3.8, 4) is 0 Å². The number of carbonyl (C=O) groups excluding carboxylic acids is 1. The number of ether oxygens (including phenoxy) is 1. The van der Waals surface area contributed by atoms with Gasteiger partial charge in [0.15, 0.2) is 0 Å². The molecule has 0 spiro atoms. The van der Waals surface area contributed by atoms with E-state index in [1.54, 1.807) is 12.1 Å². The topological polar surface area (TPSA) is 70.2 Å². The Balaban J connectivity index is 1.58. The SMILES string of the molecule is CCc1ccc(C(=O)N2CCCC2CN2CCCC2)cc1S(=O)(=O)N1CCOCC1. The third-order valence-corrected chi connectivity index (χ3v) is 8.57. The maximum atomic E-state index is 13.4. The Hall–Kier alpha value is -1.48. The maximum Gasteiger partial charge on any atom is 0.254 e. The Labute approximate surface area is 180 Å². The predicted octanol–water partition coefficient (Wildman–Crippen LogP) is 1.97. The van der Waals surface area contributed by atoms with Crippen LogP contribution in [-0.4, -0.2) is 87.0 Å². The predicted molar refractivity (Wildman–Crippen MR) is 115 cm³/mol. The number of nitrogens with zero attached hydrogens (tertiary/aromatic N) is 3. The van der Waals surface area contributed by atoms with Gasteiger partial charge in [-0.3, -0.25) is 4.79 Å². The van der Waals surface area contributed by atoms with Gasteiger partial charge in [-0.05, 0) is 62.9 Å². The average Bonchev–Trinajstić information content (AvgIpc) is 3.46. The highest BCUT2D eigenvalue weighted by Gasteiger charge is 2.33. The minimum Gasteiger partial charge on any atom is -0.379 e. The molecule has 0 bridgehead atoms. The molecule has 3 fully saturated rings. The minimum atomic E-state index is -3.64. The van der Waals surface area contributed by atoms with Crippen molar-refractivity contribution in [1.29, 1.82) is 0 Å². The molecule has 1 aromatic rings. The van der Waals surface area contributed by atoms with E-state index in [1.165, 1.54) is 17.1 Å². The van der Waals surface area contributed by atoms with Gasteiger partial charge >= 0.3 is 0 Å². The van der Waals surface area contributed by atoms with Crippen LogP contribution in [0.1, 0.15) is 48.5 Å². The van der Waals surface area contributed by atoms with Gasteiger partial charge in [0.25, 0.3) is 5.91 Å². The highest BCUT2D eigenvalue weighted by Crippen LogP contribution is 2.27. The molecule has 1 atom stereocenters. The molecule has 1 amide bonds. The second-order valence-corrected chi connectivity index (χ2v) is 10.4. The zero-order valence-electron chi connectivity index (χ0n) is 17.9. The summed E-state index contributed by atoms with van der Waals surface area (Å²) in [5.74, 6) is -0.0437. The summed E-state index contributed by atoms with van der Waals surface area (Å²) >= 11 is 0. The van der Waals surface area contributed by atoms with Crippen LogP contribution in [0.5, 0.6) is 0 Å². The van der Waals surface area contributed by atoms with E-state index in [4.69, 9.17) is 4.74 Å². The summed E-state index contributed by atoms with van der Waals surface area (Å²) in [4.78, 5) is 18.0. The Kier molecular flexibility index (Phi) is 6.77. The highest BCUT2D eigenvalue weighted by atomic mass is 32.2. The number of carbonyl (C=O) groups is 1. The van der Waals surface area contributed by atoms with E-state index < -0.39 is 10.0 Å². The van der Waals surface area contributed by atoms with Gasteiger partial charge in [-0.2, -0.15) is 4.31 Å². The van der Waals surface area contributed by atoms with E-state index >= 15 is 0 Å². The number of amides is 1. The first-order valence-electron chi connectivity index (χ1n) is 11.2. The van der Waals surface area contributed by atoms with E-state index in [0.29, 0.717) is 38.3 Å². The molecule has 0 aromatic heterocycles. The van der Waals surface area contributed by atoms with Crippen LogP contribution < -0.4 is 0 Å². The second kappa shape index (κ2) is 9.34. The number of likely N-dealkylation sites (tertiary alicyclic amines) is 2. The number of rotatable bonds is 6. The van der Waals surface area contributed by atoms with Crippen molar-refractivity contribution in [2.75, 3.05) is 52.5 Å². The fraction of sp³-hybridized carbons (Fsp3) is 0.682. The first kappa shape index (κ1) is 21.7. The van der Waals surface area contributed by atoms with Crippen LogP contribution in [0.25, 0.3) is 0 Å². The van der Waals surface area contributed by atoms with Crippen LogP contribution in [0.4, 0.5) is 0 Å². The lowest BCUT2D eigenvalue weighted by molar-refractivity contribution is 0.0707.